The number of ether oxygens (including phenoxy) is 1. The van der Waals surface area contributed by atoms with Gasteiger partial charge in [-0.2, -0.15) is 5.26 Å². The molecule has 0 bridgehead atoms. The Morgan fingerprint density at radius 3 is 2.50 bits per heavy atom. The Morgan fingerprint density at radius 2 is 1.89 bits per heavy atom. The number of rotatable bonds is 3. The largest absolute Gasteiger partial charge is 0.444 e. The van der Waals surface area contributed by atoms with E-state index in [1.54, 1.807) is 45.0 Å². The molecule has 2 saturated heterocycles. The van der Waals surface area contributed by atoms with Crippen molar-refractivity contribution in [3.63, 3.8) is 0 Å². The highest BCUT2D eigenvalue weighted by atomic mass is 35.5. The standard InChI is InChI=1S/C26H26ClFN4O4/c1-25(2,3)36-24(35)30-11-10-26(16-30)23(34)31(21-9-6-18(13-29)12-20(21)28)15-22(33)32(26)14-17-4-7-19(27)8-5-17/h4-9,12H,10-11,14-16H2,1-3H3/t26-/m1/s1. The minimum absolute atomic E-state index is 0.0888. The van der Waals surface area contributed by atoms with Gasteiger partial charge in [0.25, 0.3) is 5.91 Å². The van der Waals surface area contributed by atoms with Crippen molar-refractivity contribution in [2.45, 2.75) is 44.9 Å². The van der Waals surface area contributed by atoms with Crippen LogP contribution < -0.4 is 4.90 Å². The number of nitrogens with zero attached hydrogens (tertiary/aromatic N) is 4. The summed E-state index contributed by atoms with van der Waals surface area (Å²) in [5.41, 5.74) is -1.38. The summed E-state index contributed by atoms with van der Waals surface area (Å²) in [4.78, 5) is 44.3. The zero-order valence-corrected chi connectivity index (χ0v) is 21.0. The van der Waals surface area contributed by atoms with Crippen LogP contribution in [0.25, 0.3) is 0 Å². The lowest BCUT2D eigenvalue weighted by molar-refractivity contribution is -0.151. The second-order valence-electron chi connectivity index (χ2n) is 9.96. The molecule has 0 N–H and O–H groups in total. The molecule has 4 rings (SSSR count). The molecule has 2 fully saturated rings. The van der Waals surface area contributed by atoms with E-state index in [-0.39, 0.29) is 49.8 Å². The number of amides is 3. The Kier molecular flexibility index (Phi) is 6.67. The molecule has 0 unspecified atom stereocenters. The molecule has 1 spiro atoms. The maximum Gasteiger partial charge on any atom is 0.410 e. The third-order valence-corrected chi connectivity index (χ3v) is 6.53. The smallest absolute Gasteiger partial charge is 0.410 e. The van der Waals surface area contributed by atoms with E-state index in [1.807, 2.05) is 6.07 Å². The molecule has 188 valence electrons. The molecule has 8 nitrogen and oxygen atoms in total. The van der Waals surface area contributed by atoms with Crippen LogP contribution in [0.1, 0.15) is 38.3 Å². The van der Waals surface area contributed by atoms with Crippen LogP contribution in [0.5, 0.6) is 0 Å². The van der Waals surface area contributed by atoms with Gasteiger partial charge in [0, 0.05) is 18.1 Å². The van der Waals surface area contributed by atoms with E-state index < -0.39 is 29.0 Å². The lowest BCUT2D eigenvalue weighted by atomic mass is 9.90. The maximum absolute atomic E-state index is 14.9. The molecule has 0 saturated carbocycles. The predicted octanol–water partition coefficient (Wildman–Crippen LogP) is 4.11. The van der Waals surface area contributed by atoms with Crippen LogP contribution in [0, 0.1) is 17.1 Å². The summed E-state index contributed by atoms with van der Waals surface area (Å²) in [5, 5.41) is 9.60. The summed E-state index contributed by atoms with van der Waals surface area (Å²) in [6.45, 7) is 5.08. The van der Waals surface area contributed by atoms with Crippen molar-refractivity contribution >= 4 is 35.2 Å². The van der Waals surface area contributed by atoms with Gasteiger partial charge in [-0.1, -0.05) is 23.7 Å². The average Bonchev–Trinajstić information content (AvgIpc) is 3.26. The van der Waals surface area contributed by atoms with Gasteiger partial charge >= 0.3 is 6.09 Å². The van der Waals surface area contributed by atoms with Gasteiger partial charge in [-0.25, -0.2) is 9.18 Å². The number of piperazine rings is 1. The molecular weight excluding hydrogens is 487 g/mol. The van der Waals surface area contributed by atoms with Crippen LogP contribution in [-0.2, 0) is 20.9 Å². The number of anilines is 1. The molecular formula is C26H26ClFN4O4. The van der Waals surface area contributed by atoms with Gasteiger partial charge in [0.05, 0.1) is 23.9 Å². The van der Waals surface area contributed by atoms with Gasteiger partial charge in [-0.3, -0.25) is 14.5 Å². The monoisotopic (exact) mass is 512 g/mol. The third kappa shape index (κ3) is 4.86. The molecule has 1 atom stereocenters. The Morgan fingerprint density at radius 1 is 1.19 bits per heavy atom. The second-order valence-corrected chi connectivity index (χ2v) is 10.4. The van der Waals surface area contributed by atoms with Gasteiger partial charge in [-0.15, -0.1) is 0 Å². The highest BCUT2D eigenvalue weighted by Crippen LogP contribution is 2.38. The molecule has 0 aliphatic carbocycles. The fraction of sp³-hybridized carbons (Fsp3) is 0.385. The van der Waals surface area contributed by atoms with Crippen molar-refractivity contribution < 1.29 is 23.5 Å². The summed E-state index contributed by atoms with van der Waals surface area (Å²) in [5.74, 6) is -1.66. The minimum atomic E-state index is -1.41. The Balaban J connectivity index is 1.72. The van der Waals surface area contributed by atoms with Crippen LogP contribution in [0.3, 0.4) is 0 Å². The quantitative estimate of drug-likeness (QED) is 0.617. The lowest BCUT2D eigenvalue weighted by Gasteiger charge is -2.47. The van der Waals surface area contributed by atoms with Gasteiger partial charge in [0.15, 0.2) is 0 Å². The van der Waals surface area contributed by atoms with Crippen LogP contribution in [0.2, 0.25) is 5.02 Å². The van der Waals surface area contributed by atoms with Crippen molar-refractivity contribution in [1.82, 2.24) is 9.80 Å². The van der Waals surface area contributed by atoms with Crippen LogP contribution in [0.4, 0.5) is 14.9 Å². The number of hydrogen-bond donors (Lipinski definition) is 0. The number of benzene rings is 2. The molecule has 2 aliphatic rings. The maximum atomic E-state index is 14.9. The van der Waals surface area contributed by atoms with Crippen molar-refractivity contribution in [3.8, 4) is 6.07 Å². The minimum Gasteiger partial charge on any atom is -0.444 e. The van der Waals surface area contributed by atoms with Gasteiger partial charge < -0.3 is 14.5 Å². The molecule has 2 heterocycles. The Bertz CT molecular complexity index is 1250. The van der Waals surface area contributed by atoms with E-state index >= 15 is 0 Å². The summed E-state index contributed by atoms with van der Waals surface area (Å²) in [7, 11) is 0. The van der Waals surface area contributed by atoms with Crippen molar-refractivity contribution in [2.75, 3.05) is 24.5 Å². The summed E-state index contributed by atoms with van der Waals surface area (Å²) >= 11 is 6.00. The summed E-state index contributed by atoms with van der Waals surface area (Å²) in [6.07, 6.45) is -0.425. The normalized spacial score (nSPS) is 20.2. The summed E-state index contributed by atoms with van der Waals surface area (Å²) < 4.78 is 20.4. The first-order valence-electron chi connectivity index (χ1n) is 11.5. The van der Waals surface area contributed by atoms with Crippen molar-refractivity contribution in [3.05, 3.63) is 64.4 Å². The molecule has 3 amide bonds. The van der Waals surface area contributed by atoms with E-state index in [2.05, 4.69) is 0 Å². The molecule has 0 radical (unpaired) electrons. The SMILES string of the molecule is CC(C)(C)OC(=O)N1CC[C@@]2(C1)C(=O)N(c1ccc(C#N)cc1F)CC(=O)N2Cc1ccc(Cl)cc1. The summed E-state index contributed by atoms with van der Waals surface area (Å²) in [6, 6.07) is 12.5. The first-order valence-corrected chi connectivity index (χ1v) is 11.9. The van der Waals surface area contributed by atoms with Gasteiger partial charge in [0.1, 0.15) is 23.5 Å². The zero-order chi connectivity index (χ0) is 26.3. The number of likely N-dealkylation sites (tertiary alicyclic amines) is 1. The molecule has 2 aromatic carbocycles. The lowest BCUT2D eigenvalue weighted by Crippen LogP contribution is -2.69. The number of halogens is 2. The number of hydrogen-bond acceptors (Lipinski definition) is 5. The van der Waals surface area contributed by atoms with E-state index in [0.717, 1.165) is 16.5 Å². The van der Waals surface area contributed by atoms with Crippen LogP contribution >= 0.6 is 11.6 Å². The number of nitriles is 1. The first-order chi connectivity index (χ1) is 16.9. The predicted molar refractivity (Wildman–Crippen MR) is 131 cm³/mol. The molecule has 2 aliphatic heterocycles. The topological polar surface area (TPSA) is 94.0 Å². The fourth-order valence-electron chi connectivity index (χ4n) is 4.57. The molecule has 2 aromatic rings. The van der Waals surface area contributed by atoms with Crippen molar-refractivity contribution in [1.29, 1.82) is 5.26 Å². The highest BCUT2D eigenvalue weighted by molar-refractivity contribution is 6.30. The Labute approximate surface area is 213 Å². The first kappa shape index (κ1) is 25.5. The van der Waals surface area contributed by atoms with Gasteiger partial charge in [-0.05, 0) is 63.1 Å². The fourth-order valence-corrected chi connectivity index (χ4v) is 4.70. The number of carbonyl (C=O) groups excluding carboxylic acids is 3. The van der Waals surface area contributed by atoms with Crippen LogP contribution in [0.15, 0.2) is 42.5 Å². The average molecular weight is 513 g/mol. The third-order valence-electron chi connectivity index (χ3n) is 6.28. The van der Waals surface area contributed by atoms with E-state index in [0.29, 0.717) is 5.02 Å². The Hall–Kier alpha value is -3.64. The van der Waals surface area contributed by atoms with Crippen molar-refractivity contribution in [2.24, 2.45) is 0 Å². The highest BCUT2D eigenvalue weighted by Gasteiger charge is 2.57. The van der Waals surface area contributed by atoms with Gasteiger partial charge in [0.2, 0.25) is 5.91 Å². The van der Waals surface area contributed by atoms with Crippen LogP contribution in [-0.4, -0.2) is 58.5 Å². The molecule has 0 aromatic heterocycles. The number of carbonyl (C=O) groups is 3. The molecule has 10 heteroatoms. The van der Waals surface area contributed by atoms with E-state index in [1.165, 1.54) is 21.9 Å². The molecule has 36 heavy (non-hydrogen) atoms. The van der Waals surface area contributed by atoms with E-state index in [9.17, 15) is 18.8 Å². The van der Waals surface area contributed by atoms with E-state index in [4.69, 9.17) is 21.6 Å². The second kappa shape index (κ2) is 9.43. The zero-order valence-electron chi connectivity index (χ0n) is 20.3.